The average Bonchev–Trinajstić information content (AvgIpc) is 2.12. The minimum Gasteiger partial charge on any atom is -0.464 e. The minimum absolute atomic E-state index is 0.0268. The Morgan fingerprint density at radius 2 is 2.00 bits per heavy atom. The van der Waals surface area contributed by atoms with Crippen LogP contribution in [-0.2, 0) is 14.3 Å². The summed E-state index contributed by atoms with van der Waals surface area (Å²) in [5.74, 6) is -0.289. The van der Waals surface area contributed by atoms with E-state index in [2.05, 4.69) is 13.5 Å². The van der Waals surface area contributed by atoms with Gasteiger partial charge in [-0.2, -0.15) is 0 Å². The van der Waals surface area contributed by atoms with Crippen LogP contribution < -0.4 is 0 Å². The van der Waals surface area contributed by atoms with E-state index in [4.69, 9.17) is 9.47 Å². The molecule has 0 aliphatic rings. The van der Waals surface area contributed by atoms with Crippen LogP contribution in [0.2, 0.25) is 0 Å². The molecule has 0 saturated carbocycles. The van der Waals surface area contributed by atoms with E-state index in [0.717, 1.165) is 24.8 Å². The summed E-state index contributed by atoms with van der Waals surface area (Å²) in [5, 5.41) is 0. The van der Waals surface area contributed by atoms with Gasteiger partial charge < -0.3 is 9.47 Å². The third-order valence-electron chi connectivity index (χ3n) is 1.58. The molecule has 82 valence electrons. The first-order valence-corrected chi connectivity index (χ1v) is 5.04. The molecule has 0 aromatic carbocycles. The van der Waals surface area contributed by atoms with Gasteiger partial charge in [-0.05, 0) is 13.3 Å². The zero-order valence-electron chi connectivity index (χ0n) is 9.17. The van der Waals surface area contributed by atoms with Gasteiger partial charge in [0.1, 0.15) is 6.61 Å². The van der Waals surface area contributed by atoms with Crippen LogP contribution in [0.4, 0.5) is 0 Å². The van der Waals surface area contributed by atoms with E-state index in [1.165, 1.54) is 0 Å². The van der Waals surface area contributed by atoms with Crippen molar-refractivity contribution >= 4 is 5.97 Å². The lowest BCUT2D eigenvalue weighted by Gasteiger charge is -2.05. The molecule has 0 rings (SSSR count). The fraction of sp³-hybridized carbons (Fsp3) is 0.727. The van der Waals surface area contributed by atoms with E-state index in [-0.39, 0.29) is 12.6 Å². The Morgan fingerprint density at radius 3 is 2.57 bits per heavy atom. The molecule has 0 spiro atoms. The van der Waals surface area contributed by atoms with Crippen LogP contribution in [0, 0.1) is 0 Å². The third-order valence-corrected chi connectivity index (χ3v) is 1.58. The van der Waals surface area contributed by atoms with E-state index in [1.54, 1.807) is 0 Å². The van der Waals surface area contributed by atoms with Crippen molar-refractivity contribution in [3.05, 3.63) is 12.2 Å². The molecule has 3 nitrogen and oxygen atoms in total. The van der Waals surface area contributed by atoms with Gasteiger partial charge in [0.25, 0.3) is 0 Å². The third kappa shape index (κ3) is 9.26. The molecule has 14 heavy (non-hydrogen) atoms. The van der Waals surface area contributed by atoms with Crippen LogP contribution in [0.15, 0.2) is 12.2 Å². The summed E-state index contributed by atoms with van der Waals surface area (Å²) in [6, 6.07) is 0. The highest BCUT2D eigenvalue weighted by Gasteiger charge is 2.01. The molecule has 0 heterocycles. The Bertz CT molecular complexity index is 175. The van der Waals surface area contributed by atoms with Gasteiger partial charge >= 0.3 is 5.97 Å². The van der Waals surface area contributed by atoms with Crippen LogP contribution in [-0.4, -0.2) is 25.8 Å². The van der Waals surface area contributed by atoms with Gasteiger partial charge in [-0.1, -0.05) is 31.9 Å². The second-order valence-corrected chi connectivity index (χ2v) is 3.38. The van der Waals surface area contributed by atoms with Crippen molar-refractivity contribution in [3.63, 3.8) is 0 Å². The molecule has 0 aliphatic heterocycles. The number of hydrogen-bond acceptors (Lipinski definition) is 3. The van der Waals surface area contributed by atoms with Gasteiger partial charge in [0.15, 0.2) is 0 Å². The van der Waals surface area contributed by atoms with Gasteiger partial charge in [-0.25, -0.2) is 4.79 Å². The maximum atomic E-state index is 11.0. The second kappa shape index (κ2) is 8.75. The molecular weight excluding hydrogens is 180 g/mol. The molecule has 0 atom stereocenters. The van der Waals surface area contributed by atoms with Crippen LogP contribution in [0.3, 0.4) is 0 Å². The zero-order valence-corrected chi connectivity index (χ0v) is 9.17. The van der Waals surface area contributed by atoms with Gasteiger partial charge in [0.05, 0.1) is 13.2 Å². The lowest BCUT2D eigenvalue weighted by atomic mass is 10.3. The first-order valence-electron chi connectivity index (χ1n) is 5.04. The Labute approximate surface area is 86.1 Å². The van der Waals surface area contributed by atoms with Gasteiger partial charge in [0.2, 0.25) is 0 Å². The van der Waals surface area contributed by atoms with Crippen molar-refractivity contribution in [3.8, 4) is 0 Å². The molecule has 0 amide bonds. The first-order chi connectivity index (χ1) is 6.66. The summed E-state index contributed by atoms with van der Waals surface area (Å²) in [6.45, 7) is 8.57. The standard InChI is InChI=1S/C11H20O3/c1-4-5-6-7-14-11(12)9-13-8-10(2)3/h2,4-9H2,1,3H3. The van der Waals surface area contributed by atoms with E-state index in [9.17, 15) is 4.79 Å². The molecule has 0 fully saturated rings. The summed E-state index contributed by atoms with van der Waals surface area (Å²) in [6.07, 6.45) is 3.16. The topological polar surface area (TPSA) is 35.5 Å². The number of unbranched alkanes of at least 4 members (excludes halogenated alkanes) is 2. The average molecular weight is 200 g/mol. The van der Waals surface area contributed by atoms with Crippen molar-refractivity contribution in [1.29, 1.82) is 0 Å². The van der Waals surface area contributed by atoms with Crippen LogP contribution in [0.1, 0.15) is 33.1 Å². The summed E-state index contributed by atoms with van der Waals surface area (Å²) >= 11 is 0. The smallest absolute Gasteiger partial charge is 0.332 e. The normalized spacial score (nSPS) is 9.86. The second-order valence-electron chi connectivity index (χ2n) is 3.38. The first kappa shape index (κ1) is 13.2. The molecule has 0 aromatic rings. The fourth-order valence-corrected chi connectivity index (χ4v) is 0.888. The van der Waals surface area contributed by atoms with E-state index >= 15 is 0 Å². The lowest BCUT2D eigenvalue weighted by Crippen LogP contribution is -2.14. The Kier molecular flexibility index (Phi) is 8.24. The number of esters is 1. The highest BCUT2D eigenvalue weighted by molar-refractivity contribution is 5.70. The SMILES string of the molecule is C=C(C)COCC(=O)OCCCCC. The molecular formula is C11H20O3. The molecule has 0 aliphatic carbocycles. The predicted molar refractivity (Wildman–Crippen MR) is 56.1 cm³/mol. The van der Waals surface area contributed by atoms with Crippen molar-refractivity contribution in [2.45, 2.75) is 33.1 Å². The number of carbonyl (C=O) groups excluding carboxylic acids is 1. The van der Waals surface area contributed by atoms with E-state index in [0.29, 0.717) is 13.2 Å². The molecule has 3 heteroatoms. The summed E-state index contributed by atoms with van der Waals surface area (Å²) < 4.78 is 9.97. The molecule has 0 bridgehead atoms. The summed E-state index contributed by atoms with van der Waals surface area (Å²) in [4.78, 5) is 11.0. The molecule has 0 aromatic heterocycles. The zero-order chi connectivity index (χ0) is 10.8. The van der Waals surface area contributed by atoms with Gasteiger partial charge in [0, 0.05) is 0 Å². The van der Waals surface area contributed by atoms with Crippen LogP contribution in [0.25, 0.3) is 0 Å². The van der Waals surface area contributed by atoms with Crippen molar-refractivity contribution < 1.29 is 14.3 Å². The summed E-state index contributed by atoms with van der Waals surface area (Å²) in [7, 11) is 0. The number of carbonyl (C=O) groups is 1. The monoisotopic (exact) mass is 200 g/mol. The number of ether oxygens (including phenoxy) is 2. The Hall–Kier alpha value is -0.830. The summed E-state index contributed by atoms with van der Waals surface area (Å²) in [5.41, 5.74) is 0.906. The Balaban J connectivity index is 3.24. The number of hydrogen-bond donors (Lipinski definition) is 0. The van der Waals surface area contributed by atoms with Crippen molar-refractivity contribution in [2.75, 3.05) is 19.8 Å². The van der Waals surface area contributed by atoms with Gasteiger partial charge in [-0.15, -0.1) is 0 Å². The van der Waals surface area contributed by atoms with E-state index in [1.807, 2.05) is 6.92 Å². The number of rotatable bonds is 8. The molecule has 0 saturated heterocycles. The van der Waals surface area contributed by atoms with Crippen LogP contribution >= 0.6 is 0 Å². The largest absolute Gasteiger partial charge is 0.464 e. The van der Waals surface area contributed by atoms with Gasteiger partial charge in [-0.3, -0.25) is 0 Å². The molecule has 0 N–H and O–H groups in total. The maximum Gasteiger partial charge on any atom is 0.332 e. The Morgan fingerprint density at radius 1 is 1.29 bits per heavy atom. The highest BCUT2D eigenvalue weighted by atomic mass is 16.6. The van der Waals surface area contributed by atoms with Crippen molar-refractivity contribution in [1.82, 2.24) is 0 Å². The van der Waals surface area contributed by atoms with E-state index < -0.39 is 0 Å². The maximum absolute atomic E-state index is 11.0. The van der Waals surface area contributed by atoms with Crippen LogP contribution in [0.5, 0.6) is 0 Å². The minimum atomic E-state index is -0.289. The molecule has 0 unspecified atom stereocenters. The lowest BCUT2D eigenvalue weighted by molar-refractivity contribution is -0.148. The van der Waals surface area contributed by atoms with Crippen molar-refractivity contribution in [2.24, 2.45) is 0 Å². The highest BCUT2D eigenvalue weighted by Crippen LogP contribution is 1.95. The molecule has 0 radical (unpaired) electrons. The quantitative estimate of drug-likeness (QED) is 0.342. The fourth-order valence-electron chi connectivity index (χ4n) is 0.888. The predicted octanol–water partition coefficient (Wildman–Crippen LogP) is 2.31.